The van der Waals surface area contributed by atoms with Gasteiger partial charge in [-0.3, -0.25) is 4.79 Å². The van der Waals surface area contributed by atoms with Crippen LogP contribution in [-0.2, 0) is 24.3 Å². The van der Waals surface area contributed by atoms with E-state index in [1.54, 1.807) is 0 Å². The normalized spacial score (nSPS) is 18.9. The van der Waals surface area contributed by atoms with E-state index in [1.807, 2.05) is 6.92 Å². The molecular formula is C12H18N4O. The van der Waals surface area contributed by atoms with Gasteiger partial charge in [-0.05, 0) is 19.8 Å². The van der Waals surface area contributed by atoms with Crippen molar-refractivity contribution in [1.82, 2.24) is 20.2 Å². The number of imidazole rings is 1. The predicted octanol–water partition coefficient (Wildman–Crippen LogP) is 0.116. The Morgan fingerprint density at radius 2 is 2.41 bits per heavy atom. The van der Waals surface area contributed by atoms with E-state index in [0.29, 0.717) is 12.6 Å². The zero-order valence-corrected chi connectivity index (χ0v) is 10.1. The molecule has 1 aromatic rings. The Bertz CT molecular complexity index is 448. The quantitative estimate of drug-likeness (QED) is 0.781. The molecule has 0 radical (unpaired) electrons. The average molecular weight is 234 g/mol. The minimum Gasteiger partial charge on any atom is -0.352 e. The third kappa shape index (κ3) is 2.20. The van der Waals surface area contributed by atoms with Crippen molar-refractivity contribution in [1.29, 1.82) is 0 Å². The van der Waals surface area contributed by atoms with Crippen LogP contribution in [0.2, 0.25) is 0 Å². The van der Waals surface area contributed by atoms with Crippen LogP contribution in [0, 0.1) is 6.92 Å². The van der Waals surface area contributed by atoms with Gasteiger partial charge in [0.1, 0.15) is 12.4 Å². The fourth-order valence-corrected chi connectivity index (χ4v) is 2.36. The van der Waals surface area contributed by atoms with E-state index in [9.17, 15) is 4.79 Å². The minimum atomic E-state index is 0.120. The van der Waals surface area contributed by atoms with Crippen molar-refractivity contribution in [3.05, 3.63) is 17.2 Å². The van der Waals surface area contributed by atoms with E-state index < -0.39 is 0 Å². The third-order valence-corrected chi connectivity index (χ3v) is 3.42. The van der Waals surface area contributed by atoms with Crippen LogP contribution >= 0.6 is 0 Å². The monoisotopic (exact) mass is 234 g/mol. The highest BCUT2D eigenvalue weighted by Crippen LogP contribution is 2.19. The number of hydrogen-bond donors (Lipinski definition) is 2. The molecule has 5 heteroatoms. The molecule has 0 aromatic carbocycles. The van der Waals surface area contributed by atoms with E-state index in [-0.39, 0.29) is 5.91 Å². The number of fused-ring (bicyclic) bond motifs is 1. The average Bonchev–Trinajstić information content (AvgIpc) is 3.05. The lowest BCUT2D eigenvalue weighted by Gasteiger charge is -2.15. The van der Waals surface area contributed by atoms with Crippen molar-refractivity contribution in [2.24, 2.45) is 0 Å². The van der Waals surface area contributed by atoms with Crippen LogP contribution < -0.4 is 10.6 Å². The molecule has 2 aliphatic rings. The molecule has 1 aliphatic carbocycles. The van der Waals surface area contributed by atoms with Crippen LogP contribution in [0.3, 0.4) is 0 Å². The highest BCUT2D eigenvalue weighted by Gasteiger charge is 2.24. The molecule has 1 amide bonds. The minimum absolute atomic E-state index is 0.120. The molecule has 1 aliphatic heterocycles. The summed E-state index contributed by atoms with van der Waals surface area (Å²) < 4.78 is 2.06. The molecule has 0 atom stereocenters. The second kappa shape index (κ2) is 4.14. The molecule has 2 N–H and O–H groups in total. The van der Waals surface area contributed by atoms with E-state index in [4.69, 9.17) is 0 Å². The molecular weight excluding hydrogens is 216 g/mol. The van der Waals surface area contributed by atoms with Crippen molar-refractivity contribution in [3.8, 4) is 0 Å². The van der Waals surface area contributed by atoms with Crippen LogP contribution in [0.25, 0.3) is 0 Å². The van der Waals surface area contributed by atoms with Gasteiger partial charge < -0.3 is 15.2 Å². The number of carbonyl (C=O) groups is 1. The zero-order valence-electron chi connectivity index (χ0n) is 10.1. The largest absolute Gasteiger partial charge is 0.352 e. The maximum Gasteiger partial charge on any atom is 0.240 e. The second-order valence-corrected chi connectivity index (χ2v) is 4.91. The molecule has 0 saturated heterocycles. The SMILES string of the molecule is Cc1nc2c(n1CC(=O)NC1CC1)CCNC2. The van der Waals surface area contributed by atoms with Crippen molar-refractivity contribution in [2.75, 3.05) is 6.54 Å². The summed E-state index contributed by atoms with van der Waals surface area (Å²) in [5.74, 6) is 1.07. The van der Waals surface area contributed by atoms with E-state index >= 15 is 0 Å². The van der Waals surface area contributed by atoms with Crippen molar-refractivity contribution in [3.63, 3.8) is 0 Å². The van der Waals surface area contributed by atoms with Gasteiger partial charge in [0.15, 0.2) is 0 Å². The molecule has 3 rings (SSSR count). The number of hydrogen-bond acceptors (Lipinski definition) is 3. The number of rotatable bonds is 3. The molecule has 92 valence electrons. The van der Waals surface area contributed by atoms with Crippen LogP contribution in [0.4, 0.5) is 0 Å². The Kier molecular flexibility index (Phi) is 2.63. The van der Waals surface area contributed by atoms with Gasteiger partial charge in [0, 0.05) is 31.2 Å². The van der Waals surface area contributed by atoms with E-state index in [2.05, 4.69) is 20.2 Å². The summed E-state index contributed by atoms with van der Waals surface area (Å²) >= 11 is 0. The lowest BCUT2D eigenvalue weighted by molar-refractivity contribution is -0.121. The van der Waals surface area contributed by atoms with Gasteiger partial charge in [0.05, 0.1) is 5.69 Å². The molecule has 0 bridgehead atoms. The molecule has 1 fully saturated rings. The second-order valence-electron chi connectivity index (χ2n) is 4.91. The fraction of sp³-hybridized carbons (Fsp3) is 0.667. The number of aryl methyl sites for hydroxylation is 1. The molecule has 0 unspecified atom stereocenters. The number of aromatic nitrogens is 2. The first-order valence-electron chi connectivity index (χ1n) is 6.29. The molecule has 1 aromatic heterocycles. The van der Waals surface area contributed by atoms with Crippen molar-refractivity contribution in [2.45, 2.75) is 45.3 Å². The number of carbonyl (C=O) groups excluding carboxylic acids is 1. The lowest BCUT2D eigenvalue weighted by Crippen LogP contribution is -2.31. The van der Waals surface area contributed by atoms with Gasteiger partial charge in [-0.1, -0.05) is 0 Å². The first kappa shape index (κ1) is 10.8. The summed E-state index contributed by atoms with van der Waals surface area (Å²) in [7, 11) is 0. The Labute approximate surface area is 101 Å². The highest BCUT2D eigenvalue weighted by atomic mass is 16.2. The summed E-state index contributed by atoms with van der Waals surface area (Å²) in [4.78, 5) is 16.3. The first-order valence-corrected chi connectivity index (χ1v) is 6.29. The van der Waals surface area contributed by atoms with Crippen LogP contribution in [0.5, 0.6) is 0 Å². The summed E-state index contributed by atoms with van der Waals surface area (Å²) in [6.07, 6.45) is 3.24. The standard InChI is InChI=1S/C12H18N4O/c1-8-14-10-6-13-5-4-11(10)16(8)7-12(17)15-9-2-3-9/h9,13H,2-7H2,1H3,(H,15,17). The summed E-state index contributed by atoms with van der Waals surface area (Å²) in [6.45, 7) is 4.20. The zero-order chi connectivity index (χ0) is 11.8. The smallest absolute Gasteiger partial charge is 0.240 e. The van der Waals surface area contributed by atoms with Gasteiger partial charge in [-0.2, -0.15) is 0 Å². The molecule has 2 heterocycles. The number of amides is 1. The maximum atomic E-state index is 11.8. The van der Waals surface area contributed by atoms with Gasteiger partial charge >= 0.3 is 0 Å². The Hall–Kier alpha value is -1.36. The predicted molar refractivity (Wildman–Crippen MR) is 63.5 cm³/mol. The summed E-state index contributed by atoms with van der Waals surface area (Å²) in [5.41, 5.74) is 2.33. The van der Waals surface area contributed by atoms with Crippen molar-refractivity contribution >= 4 is 5.91 Å². The van der Waals surface area contributed by atoms with Crippen LogP contribution in [0.15, 0.2) is 0 Å². The topological polar surface area (TPSA) is 59.0 Å². The van der Waals surface area contributed by atoms with Gasteiger partial charge in [0.25, 0.3) is 0 Å². The van der Waals surface area contributed by atoms with Gasteiger partial charge in [0.2, 0.25) is 5.91 Å². The molecule has 17 heavy (non-hydrogen) atoms. The molecule has 1 saturated carbocycles. The van der Waals surface area contributed by atoms with Crippen LogP contribution in [0.1, 0.15) is 30.1 Å². The summed E-state index contributed by atoms with van der Waals surface area (Å²) in [6, 6.07) is 0.434. The molecule has 0 spiro atoms. The molecule has 5 nitrogen and oxygen atoms in total. The fourth-order valence-electron chi connectivity index (χ4n) is 2.36. The lowest BCUT2D eigenvalue weighted by atomic mass is 10.2. The Morgan fingerprint density at radius 1 is 1.59 bits per heavy atom. The van der Waals surface area contributed by atoms with E-state index in [0.717, 1.165) is 43.9 Å². The highest BCUT2D eigenvalue weighted by molar-refractivity contribution is 5.76. The van der Waals surface area contributed by atoms with Gasteiger partial charge in [-0.15, -0.1) is 0 Å². The number of nitrogens with one attached hydrogen (secondary N) is 2. The summed E-state index contributed by atoms with van der Waals surface area (Å²) in [5, 5.41) is 6.32. The first-order chi connectivity index (χ1) is 8.24. The Morgan fingerprint density at radius 3 is 3.18 bits per heavy atom. The van der Waals surface area contributed by atoms with E-state index in [1.165, 1.54) is 5.69 Å². The van der Waals surface area contributed by atoms with Crippen molar-refractivity contribution < 1.29 is 4.79 Å². The maximum absolute atomic E-state index is 11.8. The third-order valence-electron chi connectivity index (χ3n) is 3.42. The number of nitrogens with zero attached hydrogens (tertiary/aromatic N) is 2. The van der Waals surface area contributed by atoms with Gasteiger partial charge in [-0.25, -0.2) is 4.98 Å². The van der Waals surface area contributed by atoms with Crippen LogP contribution in [-0.4, -0.2) is 28.0 Å². The Balaban J connectivity index is 1.76.